The number of esters is 1. The van der Waals surface area contributed by atoms with Crippen LogP contribution in [-0.4, -0.2) is 59.0 Å². The fourth-order valence-electron chi connectivity index (χ4n) is 3.39. The van der Waals surface area contributed by atoms with Gasteiger partial charge in [-0.05, 0) is 55.7 Å². The topological polar surface area (TPSA) is 93.2 Å². The van der Waals surface area contributed by atoms with Crippen LogP contribution >= 0.6 is 0 Å². The molecule has 0 saturated carbocycles. The van der Waals surface area contributed by atoms with Gasteiger partial charge in [0.1, 0.15) is 5.75 Å². The lowest BCUT2D eigenvalue weighted by atomic mass is 10.1. The van der Waals surface area contributed by atoms with Crippen molar-refractivity contribution in [3.05, 3.63) is 54.1 Å². The molecule has 31 heavy (non-hydrogen) atoms. The van der Waals surface area contributed by atoms with Gasteiger partial charge in [-0.1, -0.05) is 12.1 Å². The molecule has 1 saturated heterocycles. The molecule has 1 heterocycles. The summed E-state index contributed by atoms with van der Waals surface area (Å²) in [5.41, 5.74) is 0.565. The van der Waals surface area contributed by atoms with Gasteiger partial charge in [0.15, 0.2) is 6.61 Å². The van der Waals surface area contributed by atoms with Crippen molar-refractivity contribution in [2.45, 2.75) is 24.2 Å². The lowest BCUT2D eigenvalue weighted by Gasteiger charge is -2.26. The van der Waals surface area contributed by atoms with E-state index in [2.05, 4.69) is 0 Å². The first-order valence-electron chi connectivity index (χ1n) is 10.0. The third-order valence-corrected chi connectivity index (χ3v) is 6.99. The Morgan fingerprint density at radius 2 is 1.65 bits per heavy atom. The number of carbonyl (C=O) groups excluding carboxylic acids is 2. The Labute approximate surface area is 182 Å². The second-order valence-electron chi connectivity index (χ2n) is 7.19. The number of hydrogen-bond acceptors (Lipinski definition) is 6. The van der Waals surface area contributed by atoms with Crippen LogP contribution in [0.4, 0.5) is 5.69 Å². The van der Waals surface area contributed by atoms with E-state index in [9.17, 15) is 18.0 Å². The Morgan fingerprint density at radius 1 is 1.00 bits per heavy atom. The van der Waals surface area contributed by atoms with Gasteiger partial charge in [0.25, 0.3) is 15.9 Å². The smallest absolute Gasteiger partial charge is 0.338 e. The number of hydrogen-bond donors (Lipinski definition) is 0. The summed E-state index contributed by atoms with van der Waals surface area (Å²) in [7, 11) is -0.967. The number of anilines is 1. The van der Waals surface area contributed by atoms with Gasteiger partial charge in [-0.25, -0.2) is 13.2 Å². The second kappa shape index (κ2) is 9.82. The number of sulfonamides is 1. The van der Waals surface area contributed by atoms with E-state index in [0.717, 1.165) is 23.6 Å². The molecule has 0 spiro atoms. The highest BCUT2D eigenvalue weighted by Crippen LogP contribution is 2.30. The van der Waals surface area contributed by atoms with Crippen molar-refractivity contribution in [2.75, 3.05) is 38.2 Å². The van der Waals surface area contributed by atoms with Crippen LogP contribution in [-0.2, 0) is 19.6 Å². The summed E-state index contributed by atoms with van der Waals surface area (Å²) in [6.45, 7) is 1.04. The van der Waals surface area contributed by atoms with Crippen molar-refractivity contribution < 1.29 is 27.5 Å². The van der Waals surface area contributed by atoms with Crippen LogP contribution in [0, 0.1) is 0 Å². The van der Waals surface area contributed by atoms with E-state index in [1.54, 1.807) is 29.2 Å². The number of likely N-dealkylation sites (tertiary alicyclic amines) is 1. The fraction of sp³-hybridized carbons (Fsp3) is 0.364. The number of amides is 1. The maximum atomic E-state index is 13.0. The molecule has 0 aromatic heterocycles. The van der Waals surface area contributed by atoms with E-state index in [4.69, 9.17) is 9.47 Å². The Balaban J connectivity index is 1.67. The zero-order chi connectivity index (χ0) is 22.4. The summed E-state index contributed by atoms with van der Waals surface area (Å²) >= 11 is 0. The first-order chi connectivity index (χ1) is 14.8. The molecule has 1 aliphatic heterocycles. The molecule has 166 valence electrons. The van der Waals surface area contributed by atoms with Gasteiger partial charge < -0.3 is 14.4 Å². The second-order valence-corrected chi connectivity index (χ2v) is 9.16. The van der Waals surface area contributed by atoms with Gasteiger partial charge in [-0.15, -0.1) is 0 Å². The molecule has 3 rings (SSSR count). The standard InChI is InChI=1S/C22H26N2O6S/c1-23(19-8-4-5-9-20(19)29-2)31(27,28)18-12-10-17(11-13-18)22(26)30-16-21(25)24-14-6-3-7-15-24/h4-5,8-13H,3,6-7,14-16H2,1-2H3. The largest absolute Gasteiger partial charge is 0.495 e. The fourth-order valence-corrected chi connectivity index (χ4v) is 4.59. The predicted octanol–water partition coefficient (Wildman–Crippen LogP) is 2.69. The zero-order valence-electron chi connectivity index (χ0n) is 17.6. The molecule has 2 aromatic carbocycles. The summed E-state index contributed by atoms with van der Waals surface area (Å²) in [5, 5.41) is 0. The van der Waals surface area contributed by atoms with Crippen molar-refractivity contribution in [1.82, 2.24) is 4.90 Å². The summed E-state index contributed by atoms with van der Waals surface area (Å²) in [4.78, 5) is 26.1. The Kier molecular flexibility index (Phi) is 7.17. The SMILES string of the molecule is COc1ccccc1N(C)S(=O)(=O)c1ccc(C(=O)OCC(=O)N2CCCCC2)cc1. The molecule has 2 aromatic rings. The molecule has 1 amide bonds. The molecule has 0 radical (unpaired) electrons. The average Bonchev–Trinajstić information content (AvgIpc) is 2.82. The first-order valence-corrected chi connectivity index (χ1v) is 11.5. The number of ether oxygens (including phenoxy) is 2. The van der Waals surface area contributed by atoms with E-state index in [1.807, 2.05) is 0 Å². The summed E-state index contributed by atoms with van der Waals surface area (Å²) in [6, 6.07) is 12.2. The number of piperidine rings is 1. The van der Waals surface area contributed by atoms with Crippen molar-refractivity contribution in [1.29, 1.82) is 0 Å². The van der Waals surface area contributed by atoms with E-state index in [1.165, 1.54) is 38.4 Å². The quantitative estimate of drug-likeness (QED) is 0.607. The number of nitrogens with zero attached hydrogens (tertiary/aromatic N) is 2. The third-order valence-electron chi connectivity index (χ3n) is 5.21. The van der Waals surface area contributed by atoms with Crippen molar-refractivity contribution in [3.63, 3.8) is 0 Å². The number of para-hydroxylation sites is 2. The van der Waals surface area contributed by atoms with Gasteiger partial charge in [0, 0.05) is 20.1 Å². The minimum absolute atomic E-state index is 0.0156. The maximum Gasteiger partial charge on any atom is 0.338 e. The minimum atomic E-state index is -3.87. The normalized spacial score (nSPS) is 14.1. The Morgan fingerprint density at radius 3 is 2.29 bits per heavy atom. The van der Waals surface area contributed by atoms with Crippen LogP contribution in [0.2, 0.25) is 0 Å². The summed E-state index contributed by atoms with van der Waals surface area (Å²) in [5.74, 6) is -0.467. The molecular weight excluding hydrogens is 420 g/mol. The third kappa shape index (κ3) is 5.16. The number of carbonyl (C=O) groups is 2. The molecule has 0 unspecified atom stereocenters. The highest BCUT2D eigenvalue weighted by Gasteiger charge is 2.24. The highest BCUT2D eigenvalue weighted by atomic mass is 32.2. The highest BCUT2D eigenvalue weighted by molar-refractivity contribution is 7.92. The van der Waals surface area contributed by atoms with Crippen molar-refractivity contribution in [3.8, 4) is 5.75 Å². The van der Waals surface area contributed by atoms with Gasteiger partial charge in [0.05, 0.1) is 23.3 Å². The van der Waals surface area contributed by atoms with Crippen molar-refractivity contribution >= 4 is 27.6 Å². The van der Waals surface area contributed by atoms with Crippen LogP contribution < -0.4 is 9.04 Å². The zero-order valence-corrected chi connectivity index (χ0v) is 18.4. The minimum Gasteiger partial charge on any atom is -0.495 e. The molecule has 8 nitrogen and oxygen atoms in total. The van der Waals surface area contributed by atoms with E-state index < -0.39 is 16.0 Å². The summed E-state index contributed by atoms with van der Waals surface area (Å²) < 4.78 is 37.4. The van der Waals surface area contributed by atoms with Gasteiger partial charge in [-0.2, -0.15) is 0 Å². The van der Waals surface area contributed by atoms with E-state index in [-0.39, 0.29) is 23.0 Å². The molecule has 0 atom stereocenters. The Bertz CT molecular complexity index is 1030. The maximum absolute atomic E-state index is 13.0. The molecule has 9 heteroatoms. The van der Waals surface area contributed by atoms with Gasteiger partial charge in [-0.3, -0.25) is 9.10 Å². The number of rotatable bonds is 7. The first kappa shape index (κ1) is 22.6. The summed E-state index contributed by atoms with van der Waals surface area (Å²) in [6.07, 6.45) is 3.02. The van der Waals surface area contributed by atoms with E-state index in [0.29, 0.717) is 24.5 Å². The lowest BCUT2D eigenvalue weighted by molar-refractivity contribution is -0.135. The number of benzene rings is 2. The van der Waals surface area contributed by atoms with Crippen LogP contribution in [0.5, 0.6) is 5.75 Å². The molecule has 0 N–H and O–H groups in total. The van der Waals surface area contributed by atoms with Gasteiger partial charge >= 0.3 is 5.97 Å². The molecular formula is C22H26N2O6S. The van der Waals surface area contributed by atoms with Gasteiger partial charge in [0.2, 0.25) is 0 Å². The van der Waals surface area contributed by atoms with Crippen LogP contribution in [0.15, 0.2) is 53.4 Å². The molecule has 0 bridgehead atoms. The monoisotopic (exact) mass is 446 g/mol. The van der Waals surface area contributed by atoms with Crippen LogP contribution in [0.1, 0.15) is 29.6 Å². The lowest BCUT2D eigenvalue weighted by Crippen LogP contribution is -2.38. The van der Waals surface area contributed by atoms with Crippen molar-refractivity contribution in [2.24, 2.45) is 0 Å². The molecule has 1 aliphatic rings. The molecule has 1 fully saturated rings. The molecule has 0 aliphatic carbocycles. The van der Waals surface area contributed by atoms with E-state index >= 15 is 0 Å². The van der Waals surface area contributed by atoms with Crippen LogP contribution in [0.3, 0.4) is 0 Å². The van der Waals surface area contributed by atoms with Crippen LogP contribution in [0.25, 0.3) is 0 Å². The predicted molar refractivity (Wildman–Crippen MR) is 116 cm³/mol. The average molecular weight is 447 g/mol. The Hall–Kier alpha value is -3.07. The number of methoxy groups -OCH3 is 1.